The number of nitrogens with two attached hydrogens (primary N) is 1. The van der Waals surface area contributed by atoms with Crippen LogP contribution in [0.4, 0.5) is 0 Å². The molecule has 0 aliphatic rings. The smallest absolute Gasteiger partial charge is 0.0223 e. The maximum atomic E-state index is 6.97. The lowest BCUT2D eigenvalue weighted by Crippen LogP contribution is -2.45. The monoisotopic (exact) mass is 315 g/mol. The van der Waals surface area contributed by atoms with Gasteiger partial charge in [-0.1, -0.05) is 82.5 Å². The first-order valence-electron chi connectivity index (χ1n) is 8.92. The molecule has 2 aromatic rings. The summed E-state index contributed by atoms with van der Waals surface area (Å²) in [6.07, 6.45) is 6.87. The predicted octanol–water partition coefficient (Wildman–Crippen LogP) is 5.20. The second kappa shape index (κ2) is 9.05. The average molecular weight is 316 g/mol. The van der Waals surface area contributed by atoms with Gasteiger partial charge in [0.25, 0.3) is 0 Å². The third-order valence-electron chi connectivity index (χ3n) is 4.90. The minimum Gasteiger partial charge on any atom is -0.412 e. The van der Waals surface area contributed by atoms with Crippen LogP contribution in [0.15, 0.2) is 42.5 Å². The van der Waals surface area contributed by atoms with Crippen molar-refractivity contribution in [3.05, 3.63) is 48.0 Å². The maximum Gasteiger partial charge on any atom is 0.0223 e. The SMILES string of the molecule is CCCC(c1cccc2ccccc12)C(N)(CCC)CCC.O. The fraction of sp³-hybridized carbons (Fsp3) is 0.524. The lowest BCUT2D eigenvalue weighted by atomic mass is 9.71. The molecule has 2 heteroatoms. The first kappa shape index (κ1) is 19.7. The molecular formula is C21H33NO. The normalized spacial score (nSPS) is 12.9. The third kappa shape index (κ3) is 4.33. The van der Waals surface area contributed by atoms with Gasteiger partial charge in [0.15, 0.2) is 0 Å². The molecule has 0 aromatic heterocycles. The van der Waals surface area contributed by atoms with Crippen molar-refractivity contribution in [3.8, 4) is 0 Å². The molecule has 4 N–H and O–H groups in total. The topological polar surface area (TPSA) is 57.5 Å². The van der Waals surface area contributed by atoms with Crippen LogP contribution in [0.5, 0.6) is 0 Å². The summed E-state index contributed by atoms with van der Waals surface area (Å²) in [5.74, 6) is 0.448. The summed E-state index contributed by atoms with van der Waals surface area (Å²) in [5, 5.41) is 2.71. The molecule has 0 saturated carbocycles. The molecule has 0 bridgehead atoms. The van der Waals surface area contributed by atoms with E-state index in [1.54, 1.807) is 0 Å². The second-order valence-corrected chi connectivity index (χ2v) is 6.64. The predicted molar refractivity (Wildman–Crippen MR) is 102 cm³/mol. The van der Waals surface area contributed by atoms with Crippen molar-refractivity contribution in [2.45, 2.75) is 70.8 Å². The first-order chi connectivity index (χ1) is 10.7. The standard InChI is InChI=1S/C21H31N.H2O/c1-4-10-20(21(22,15-5-2)16-6-3)19-14-9-12-17-11-7-8-13-18(17)19;/h7-9,11-14,20H,4-6,10,15-16,22H2,1-3H3;1H2. The summed E-state index contributed by atoms with van der Waals surface area (Å²) >= 11 is 0. The van der Waals surface area contributed by atoms with Crippen molar-refractivity contribution in [3.63, 3.8) is 0 Å². The van der Waals surface area contributed by atoms with Crippen LogP contribution < -0.4 is 5.73 Å². The Hall–Kier alpha value is -1.38. The molecule has 0 saturated heterocycles. The van der Waals surface area contributed by atoms with Gasteiger partial charge >= 0.3 is 0 Å². The van der Waals surface area contributed by atoms with E-state index in [1.807, 2.05) is 0 Å². The molecule has 0 aliphatic heterocycles. The van der Waals surface area contributed by atoms with Gasteiger partial charge in [-0.15, -0.1) is 0 Å². The Balaban J connectivity index is 0.00000264. The molecule has 0 heterocycles. The molecule has 0 aliphatic carbocycles. The van der Waals surface area contributed by atoms with Gasteiger partial charge in [0.05, 0.1) is 0 Å². The molecule has 0 spiro atoms. The van der Waals surface area contributed by atoms with Crippen molar-refractivity contribution >= 4 is 10.8 Å². The molecule has 1 atom stereocenters. The molecule has 128 valence electrons. The van der Waals surface area contributed by atoms with Gasteiger partial charge in [-0.2, -0.15) is 0 Å². The van der Waals surface area contributed by atoms with Gasteiger partial charge < -0.3 is 11.2 Å². The van der Waals surface area contributed by atoms with Crippen LogP contribution in [0.3, 0.4) is 0 Å². The van der Waals surface area contributed by atoms with E-state index >= 15 is 0 Å². The lowest BCUT2D eigenvalue weighted by molar-refractivity contribution is 0.280. The highest BCUT2D eigenvalue weighted by Gasteiger charge is 2.34. The van der Waals surface area contributed by atoms with Gasteiger partial charge in [0.2, 0.25) is 0 Å². The molecule has 1 unspecified atom stereocenters. The Morgan fingerprint density at radius 1 is 0.870 bits per heavy atom. The van der Waals surface area contributed by atoms with Gasteiger partial charge in [-0.3, -0.25) is 0 Å². The van der Waals surface area contributed by atoms with Crippen LogP contribution in [0.2, 0.25) is 0 Å². The molecule has 0 radical (unpaired) electrons. The number of hydrogen-bond donors (Lipinski definition) is 1. The van der Waals surface area contributed by atoms with Crippen molar-refractivity contribution in [1.29, 1.82) is 0 Å². The van der Waals surface area contributed by atoms with Gasteiger partial charge in [-0.05, 0) is 35.6 Å². The number of hydrogen-bond acceptors (Lipinski definition) is 1. The summed E-state index contributed by atoms with van der Waals surface area (Å²) in [5.41, 5.74) is 8.34. The molecule has 23 heavy (non-hydrogen) atoms. The van der Waals surface area contributed by atoms with Crippen LogP contribution in [-0.4, -0.2) is 11.0 Å². The summed E-state index contributed by atoms with van der Waals surface area (Å²) in [7, 11) is 0. The zero-order valence-electron chi connectivity index (χ0n) is 14.9. The Morgan fingerprint density at radius 3 is 2.09 bits per heavy atom. The highest BCUT2D eigenvalue weighted by Crippen LogP contribution is 2.40. The fourth-order valence-electron chi connectivity index (χ4n) is 4.00. The molecule has 0 amide bonds. The minimum atomic E-state index is -0.0797. The fourth-order valence-corrected chi connectivity index (χ4v) is 4.00. The number of benzene rings is 2. The van der Waals surface area contributed by atoms with Gasteiger partial charge in [-0.25, -0.2) is 0 Å². The lowest BCUT2D eigenvalue weighted by Gasteiger charge is -2.39. The first-order valence-corrected chi connectivity index (χ1v) is 8.92. The minimum absolute atomic E-state index is 0. The van der Waals surface area contributed by atoms with E-state index in [4.69, 9.17) is 5.73 Å². The highest BCUT2D eigenvalue weighted by atomic mass is 16.0. The summed E-state index contributed by atoms with van der Waals surface area (Å²) in [4.78, 5) is 0. The van der Waals surface area contributed by atoms with E-state index in [2.05, 4.69) is 63.2 Å². The van der Waals surface area contributed by atoms with Crippen LogP contribution >= 0.6 is 0 Å². The van der Waals surface area contributed by atoms with E-state index < -0.39 is 0 Å². The van der Waals surface area contributed by atoms with E-state index in [0.29, 0.717) is 5.92 Å². The summed E-state index contributed by atoms with van der Waals surface area (Å²) in [6.45, 7) is 6.78. The van der Waals surface area contributed by atoms with Crippen LogP contribution in [0, 0.1) is 0 Å². The van der Waals surface area contributed by atoms with E-state index in [0.717, 1.165) is 25.7 Å². The van der Waals surface area contributed by atoms with Crippen LogP contribution in [0.25, 0.3) is 10.8 Å². The van der Waals surface area contributed by atoms with Crippen molar-refractivity contribution < 1.29 is 5.48 Å². The zero-order chi connectivity index (χ0) is 16.0. The maximum absolute atomic E-state index is 6.97. The number of rotatable bonds is 8. The summed E-state index contributed by atoms with van der Waals surface area (Å²) in [6, 6.07) is 15.4. The average Bonchev–Trinajstić information content (AvgIpc) is 2.52. The van der Waals surface area contributed by atoms with Crippen molar-refractivity contribution in [2.24, 2.45) is 5.73 Å². The highest BCUT2D eigenvalue weighted by molar-refractivity contribution is 5.86. The Kier molecular flexibility index (Phi) is 7.74. The van der Waals surface area contributed by atoms with Crippen LogP contribution in [0.1, 0.15) is 70.8 Å². The Labute approximate surface area is 141 Å². The molecule has 2 rings (SSSR count). The largest absolute Gasteiger partial charge is 0.412 e. The van der Waals surface area contributed by atoms with Crippen molar-refractivity contribution in [1.82, 2.24) is 0 Å². The zero-order valence-corrected chi connectivity index (χ0v) is 14.9. The third-order valence-corrected chi connectivity index (χ3v) is 4.90. The Morgan fingerprint density at radius 2 is 1.48 bits per heavy atom. The van der Waals surface area contributed by atoms with Gasteiger partial charge in [0, 0.05) is 11.5 Å². The second-order valence-electron chi connectivity index (χ2n) is 6.64. The van der Waals surface area contributed by atoms with E-state index in [9.17, 15) is 0 Å². The quantitative estimate of drug-likeness (QED) is 0.715. The molecule has 2 nitrogen and oxygen atoms in total. The molecule has 0 fully saturated rings. The van der Waals surface area contributed by atoms with Gasteiger partial charge in [0.1, 0.15) is 0 Å². The van der Waals surface area contributed by atoms with Crippen molar-refractivity contribution in [2.75, 3.05) is 0 Å². The van der Waals surface area contributed by atoms with E-state index in [1.165, 1.54) is 29.2 Å². The number of fused-ring (bicyclic) bond motifs is 1. The molecular weight excluding hydrogens is 282 g/mol. The van der Waals surface area contributed by atoms with Crippen LogP contribution in [-0.2, 0) is 0 Å². The van der Waals surface area contributed by atoms with E-state index in [-0.39, 0.29) is 11.0 Å². The Bertz CT molecular complexity index is 582. The molecule has 2 aromatic carbocycles. The summed E-state index contributed by atoms with van der Waals surface area (Å²) < 4.78 is 0.